The normalized spacial score (nSPS) is 15.1. The summed E-state index contributed by atoms with van der Waals surface area (Å²) in [6, 6.07) is 18.5. The Hall–Kier alpha value is -3.94. The third kappa shape index (κ3) is 3.14. The van der Waals surface area contributed by atoms with Crippen molar-refractivity contribution >= 4 is 28.7 Å². The third-order valence-corrected chi connectivity index (χ3v) is 4.82. The number of hydrogen-bond acceptors (Lipinski definition) is 5. The van der Waals surface area contributed by atoms with E-state index in [0.717, 1.165) is 5.69 Å². The van der Waals surface area contributed by atoms with Crippen molar-refractivity contribution in [2.45, 2.75) is 13.8 Å². The Balaban J connectivity index is 1.66. The van der Waals surface area contributed by atoms with Crippen LogP contribution in [0.4, 0.5) is 11.4 Å². The zero-order valence-electron chi connectivity index (χ0n) is 16.3. The first-order valence-corrected chi connectivity index (χ1v) is 9.12. The van der Waals surface area contributed by atoms with Crippen LogP contribution in [0.25, 0.3) is 5.69 Å². The highest BCUT2D eigenvalue weighted by Gasteiger charge is 2.31. The van der Waals surface area contributed by atoms with Crippen LogP contribution in [-0.4, -0.2) is 26.7 Å². The van der Waals surface area contributed by atoms with Gasteiger partial charge in [0, 0.05) is 7.05 Å². The van der Waals surface area contributed by atoms with Gasteiger partial charge in [-0.05, 0) is 38.1 Å². The van der Waals surface area contributed by atoms with Gasteiger partial charge >= 0.3 is 5.91 Å². The van der Waals surface area contributed by atoms with Gasteiger partial charge in [0.25, 0.3) is 5.56 Å². The second-order valence-corrected chi connectivity index (χ2v) is 6.65. The van der Waals surface area contributed by atoms with Gasteiger partial charge in [0.05, 0.1) is 22.8 Å². The highest BCUT2D eigenvalue weighted by Crippen LogP contribution is 2.19. The number of rotatable bonds is 4. The molecule has 0 radical (unpaired) electrons. The standard InChI is InChI=1S/C21H20N6O2/c1-14-18(20(28)26(24-14)16-10-6-4-7-11-16)22-23-19-15(2)25(3)27(21(19)29)17-12-8-5-9-13-17/h4-13,23H,1-3H3. The predicted molar refractivity (Wildman–Crippen MR) is 114 cm³/mol. The van der Waals surface area contributed by atoms with Crippen LogP contribution in [0.15, 0.2) is 75.7 Å². The van der Waals surface area contributed by atoms with Crippen molar-refractivity contribution in [1.29, 1.82) is 0 Å². The molecule has 4 rings (SSSR count). The summed E-state index contributed by atoms with van der Waals surface area (Å²) in [5.74, 6) is -0.349. The molecule has 2 aromatic carbocycles. The fourth-order valence-electron chi connectivity index (χ4n) is 3.18. The van der Waals surface area contributed by atoms with E-state index in [9.17, 15) is 9.59 Å². The zero-order chi connectivity index (χ0) is 20.5. The number of amides is 1. The molecule has 146 valence electrons. The average molecular weight is 388 g/mol. The SMILES string of the molecule is CC1=NN(c2ccccc2)C(=O)C1=NNc1c(C)n(C)n(-c2ccccc2)c1=O. The van der Waals surface area contributed by atoms with E-state index in [1.165, 1.54) is 5.01 Å². The van der Waals surface area contributed by atoms with E-state index in [1.807, 2.05) is 55.5 Å². The Morgan fingerprint density at radius 3 is 2.10 bits per heavy atom. The Labute approximate surface area is 167 Å². The largest absolute Gasteiger partial charge is 0.301 e. The lowest BCUT2D eigenvalue weighted by Crippen LogP contribution is -2.28. The van der Waals surface area contributed by atoms with E-state index >= 15 is 0 Å². The molecule has 0 spiro atoms. The van der Waals surface area contributed by atoms with Gasteiger partial charge in [0.2, 0.25) is 0 Å². The van der Waals surface area contributed by atoms with Gasteiger partial charge in [-0.3, -0.25) is 19.7 Å². The van der Waals surface area contributed by atoms with Crippen LogP contribution in [-0.2, 0) is 11.8 Å². The zero-order valence-corrected chi connectivity index (χ0v) is 16.3. The maximum atomic E-state index is 12.9. The van der Waals surface area contributed by atoms with Gasteiger partial charge in [-0.15, -0.1) is 0 Å². The molecule has 0 unspecified atom stereocenters. The molecule has 3 aromatic rings. The van der Waals surface area contributed by atoms with Crippen LogP contribution in [0.2, 0.25) is 0 Å². The van der Waals surface area contributed by atoms with Crippen LogP contribution >= 0.6 is 0 Å². The number of para-hydroxylation sites is 2. The Morgan fingerprint density at radius 2 is 1.48 bits per heavy atom. The third-order valence-electron chi connectivity index (χ3n) is 4.82. The highest BCUT2D eigenvalue weighted by molar-refractivity contribution is 6.71. The number of aromatic nitrogens is 2. The number of nitrogens with zero attached hydrogens (tertiary/aromatic N) is 5. The maximum Gasteiger partial charge on any atom is 0.301 e. The molecule has 0 saturated heterocycles. The molecule has 2 heterocycles. The van der Waals surface area contributed by atoms with Gasteiger partial charge in [-0.1, -0.05) is 36.4 Å². The van der Waals surface area contributed by atoms with Crippen molar-refractivity contribution in [3.8, 4) is 5.69 Å². The predicted octanol–water partition coefficient (Wildman–Crippen LogP) is 2.68. The molecule has 1 aliphatic rings. The number of hydrazone groups is 2. The summed E-state index contributed by atoms with van der Waals surface area (Å²) in [5, 5.41) is 9.81. The van der Waals surface area contributed by atoms with Crippen LogP contribution < -0.4 is 16.0 Å². The van der Waals surface area contributed by atoms with Crippen molar-refractivity contribution in [2.75, 3.05) is 10.4 Å². The number of benzene rings is 2. The molecular weight excluding hydrogens is 368 g/mol. The van der Waals surface area contributed by atoms with E-state index in [2.05, 4.69) is 15.6 Å². The number of hydrogen-bond donors (Lipinski definition) is 1. The van der Waals surface area contributed by atoms with Gasteiger partial charge in [-0.2, -0.15) is 15.2 Å². The minimum Gasteiger partial charge on any atom is -0.283 e. The van der Waals surface area contributed by atoms with Gasteiger partial charge in [-0.25, -0.2) is 4.68 Å². The van der Waals surface area contributed by atoms with E-state index in [-0.39, 0.29) is 17.2 Å². The fourth-order valence-corrected chi connectivity index (χ4v) is 3.18. The number of anilines is 2. The molecule has 0 aliphatic carbocycles. The summed E-state index contributed by atoms with van der Waals surface area (Å²) < 4.78 is 3.29. The molecule has 8 heteroatoms. The van der Waals surface area contributed by atoms with E-state index in [1.54, 1.807) is 35.5 Å². The number of carbonyl (C=O) groups excluding carboxylic acids is 1. The lowest BCUT2D eigenvalue weighted by atomic mass is 10.2. The van der Waals surface area contributed by atoms with Crippen LogP contribution in [0.5, 0.6) is 0 Å². The summed E-state index contributed by atoms with van der Waals surface area (Å²) in [5.41, 5.74) is 5.59. The van der Waals surface area contributed by atoms with E-state index < -0.39 is 0 Å². The van der Waals surface area contributed by atoms with E-state index in [4.69, 9.17) is 0 Å². The lowest BCUT2D eigenvalue weighted by molar-refractivity contribution is -0.112. The lowest BCUT2D eigenvalue weighted by Gasteiger charge is -2.10. The molecule has 1 aliphatic heterocycles. The molecule has 1 N–H and O–H groups in total. The second kappa shape index (κ2) is 7.23. The summed E-state index contributed by atoms with van der Waals surface area (Å²) in [7, 11) is 1.80. The summed E-state index contributed by atoms with van der Waals surface area (Å²) in [6.45, 7) is 3.53. The highest BCUT2D eigenvalue weighted by atomic mass is 16.2. The van der Waals surface area contributed by atoms with Gasteiger partial charge in [0.15, 0.2) is 5.71 Å². The first-order valence-electron chi connectivity index (χ1n) is 9.12. The second-order valence-electron chi connectivity index (χ2n) is 6.65. The average Bonchev–Trinajstić information content (AvgIpc) is 3.14. The topological polar surface area (TPSA) is 84.0 Å². The molecule has 0 atom stereocenters. The minimum atomic E-state index is -0.349. The minimum absolute atomic E-state index is 0.169. The Kier molecular flexibility index (Phi) is 4.59. The van der Waals surface area contributed by atoms with Gasteiger partial charge < -0.3 is 0 Å². The molecule has 0 bridgehead atoms. The molecule has 1 aromatic heterocycles. The smallest absolute Gasteiger partial charge is 0.283 e. The molecule has 29 heavy (non-hydrogen) atoms. The first-order chi connectivity index (χ1) is 14.0. The first kappa shape index (κ1) is 18.4. The summed E-state index contributed by atoms with van der Waals surface area (Å²) in [4.78, 5) is 25.7. The van der Waals surface area contributed by atoms with Crippen LogP contribution in [0, 0.1) is 6.92 Å². The van der Waals surface area contributed by atoms with Crippen molar-refractivity contribution in [3.63, 3.8) is 0 Å². The van der Waals surface area contributed by atoms with Crippen molar-refractivity contribution in [1.82, 2.24) is 9.36 Å². The Bertz CT molecular complexity index is 1190. The van der Waals surface area contributed by atoms with Gasteiger partial charge in [0.1, 0.15) is 5.69 Å². The summed E-state index contributed by atoms with van der Waals surface area (Å²) in [6.07, 6.45) is 0. The van der Waals surface area contributed by atoms with Crippen molar-refractivity contribution < 1.29 is 4.79 Å². The monoisotopic (exact) mass is 388 g/mol. The number of carbonyl (C=O) groups is 1. The van der Waals surface area contributed by atoms with Crippen molar-refractivity contribution in [2.24, 2.45) is 17.3 Å². The molecular formula is C21H20N6O2. The van der Waals surface area contributed by atoms with E-state index in [0.29, 0.717) is 22.8 Å². The molecule has 0 fully saturated rings. The quantitative estimate of drug-likeness (QED) is 0.698. The number of nitrogens with one attached hydrogen (secondary N) is 1. The Morgan fingerprint density at radius 1 is 0.897 bits per heavy atom. The molecule has 8 nitrogen and oxygen atoms in total. The molecule has 0 saturated carbocycles. The molecule has 1 amide bonds. The summed E-state index contributed by atoms with van der Waals surface area (Å²) >= 11 is 0. The van der Waals surface area contributed by atoms with Crippen molar-refractivity contribution in [3.05, 3.63) is 76.7 Å². The van der Waals surface area contributed by atoms with Crippen LogP contribution in [0.3, 0.4) is 0 Å². The fraction of sp³-hybridized carbons (Fsp3) is 0.143. The van der Waals surface area contributed by atoms with Crippen LogP contribution in [0.1, 0.15) is 12.6 Å². The maximum absolute atomic E-state index is 12.9.